The number of ketones is 1. The Kier molecular flexibility index (Phi) is 10.5. The van der Waals surface area contributed by atoms with E-state index in [9.17, 15) is 9.90 Å². The van der Waals surface area contributed by atoms with Crippen LogP contribution in [0.3, 0.4) is 0 Å². The number of ether oxygens (including phenoxy) is 4. The van der Waals surface area contributed by atoms with E-state index in [-0.39, 0.29) is 24.9 Å². The molecule has 1 unspecified atom stereocenters. The summed E-state index contributed by atoms with van der Waals surface area (Å²) < 4.78 is 25.2. The van der Waals surface area contributed by atoms with Crippen LogP contribution in [-0.2, 0) is 43.6 Å². The largest absolute Gasteiger partial charge is 0.390 e. The topological polar surface area (TPSA) is 74.2 Å². The van der Waals surface area contributed by atoms with Gasteiger partial charge < -0.3 is 24.1 Å². The molecule has 1 saturated carbocycles. The van der Waals surface area contributed by atoms with Crippen LogP contribution in [0.25, 0.3) is 0 Å². The summed E-state index contributed by atoms with van der Waals surface area (Å²) >= 11 is 0. The molecule has 6 nitrogen and oxygen atoms in total. The number of hydrogen-bond donors (Lipinski definition) is 1. The normalized spacial score (nSPS) is 24.6. The third kappa shape index (κ3) is 7.65. The summed E-state index contributed by atoms with van der Waals surface area (Å²) in [5, 5.41) is 11.4. The van der Waals surface area contributed by atoms with Crippen molar-refractivity contribution in [2.24, 2.45) is 5.92 Å². The first-order chi connectivity index (χ1) is 19.7. The number of hydrogen-bond acceptors (Lipinski definition) is 6. The SMILES string of the molecule is O=C1[C@@H](OCc2ccccc2)[C@H](OCc2ccccc2)[C@@H](COCc2ccccc2)O[C@@H]1C(O)C1CCCCC1. The minimum atomic E-state index is -0.981. The van der Waals surface area contributed by atoms with E-state index in [1.54, 1.807) is 0 Å². The second-order valence-electron chi connectivity index (χ2n) is 10.9. The Bertz CT molecular complexity index is 1150. The van der Waals surface area contributed by atoms with E-state index in [1.807, 2.05) is 91.0 Å². The van der Waals surface area contributed by atoms with E-state index in [4.69, 9.17) is 18.9 Å². The highest BCUT2D eigenvalue weighted by Crippen LogP contribution is 2.33. The van der Waals surface area contributed by atoms with Gasteiger partial charge in [-0.3, -0.25) is 4.79 Å². The average molecular weight is 545 g/mol. The zero-order valence-corrected chi connectivity index (χ0v) is 23.0. The number of aliphatic hydroxyl groups is 1. The number of aliphatic hydroxyl groups excluding tert-OH is 1. The van der Waals surface area contributed by atoms with Crippen LogP contribution in [0.5, 0.6) is 0 Å². The fraction of sp³-hybridized carbons (Fsp3) is 0.441. The third-order valence-electron chi connectivity index (χ3n) is 7.94. The van der Waals surface area contributed by atoms with Gasteiger partial charge in [0.05, 0.1) is 32.5 Å². The van der Waals surface area contributed by atoms with E-state index in [1.165, 1.54) is 0 Å². The Balaban J connectivity index is 1.37. The molecule has 1 heterocycles. The zero-order chi connectivity index (χ0) is 27.6. The number of Topliss-reactive ketones (excluding diaryl/α,β-unsaturated/α-hetero) is 1. The highest BCUT2D eigenvalue weighted by molar-refractivity contribution is 5.89. The van der Waals surface area contributed by atoms with Gasteiger partial charge in [-0.25, -0.2) is 0 Å². The van der Waals surface area contributed by atoms with Gasteiger partial charge in [-0.1, -0.05) is 110 Å². The fourth-order valence-corrected chi connectivity index (χ4v) is 5.72. The van der Waals surface area contributed by atoms with Gasteiger partial charge in [-0.15, -0.1) is 0 Å². The molecule has 0 bridgehead atoms. The highest BCUT2D eigenvalue weighted by Gasteiger charge is 2.50. The van der Waals surface area contributed by atoms with Gasteiger partial charge in [0.25, 0.3) is 0 Å². The summed E-state index contributed by atoms with van der Waals surface area (Å²) in [6, 6.07) is 29.6. The van der Waals surface area contributed by atoms with Crippen LogP contribution < -0.4 is 0 Å². The molecule has 1 N–H and O–H groups in total. The Morgan fingerprint density at radius 2 is 1.25 bits per heavy atom. The zero-order valence-electron chi connectivity index (χ0n) is 23.0. The van der Waals surface area contributed by atoms with Gasteiger partial charge >= 0.3 is 0 Å². The Morgan fingerprint density at radius 3 is 1.82 bits per heavy atom. The summed E-state index contributed by atoms with van der Waals surface area (Å²) in [7, 11) is 0. The van der Waals surface area contributed by atoms with Crippen molar-refractivity contribution < 1.29 is 28.8 Å². The monoisotopic (exact) mass is 544 g/mol. The summed E-state index contributed by atoms with van der Waals surface area (Å²) in [6.07, 6.45) is 1.03. The molecule has 5 rings (SSSR count). The molecule has 3 aromatic rings. The molecule has 3 aromatic carbocycles. The summed E-state index contributed by atoms with van der Waals surface area (Å²) in [5.41, 5.74) is 3.00. The minimum absolute atomic E-state index is 0.0325. The predicted molar refractivity (Wildman–Crippen MR) is 152 cm³/mol. The maximum absolute atomic E-state index is 14.0. The molecule has 0 radical (unpaired) electrons. The average Bonchev–Trinajstić information content (AvgIpc) is 3.02. The van der Waals surface area contributed by atoms with Crippen molar-refractivity contribution in [1.82, 2.24) is 0 Å². The number of rotatable bonds is 12. The van der Waals surface area contributed by atoms with E-state index in [2.05, 4.69) is 0 Å². The quantitative estimate of drug-likeness (QED) is 0.318. The van der Waals surface area contributed by atoms with Crippen molar-refractivity contribution in [3.8, 4) is 0 Å². The molecule has 0 spiro atoms. The van der Waals surface area contributed by atoms with Crippen molar-refractivity contribution in [2.75, 3.05) is 6.61 Å². The molecule has 2 fully saturated rings. The van der Waals surface area contributed by atoms with Gasteiger partial charge in [0.1, 0.15) is 24.4 Å². The van der Waals surface area contributed by atoms with Crippen LogP contribution in [0.1, 0.15) is 48.8 Å². The van der Waals surface area contributed by atoms with Crippen LogP contribution in [0.4, 0.5) is 0 Å². The molecule has 5 atom stereocenters. The van der Waals surface area contributed by atoms with Gasteiger partial charge in [0, 0.05) is 0 Å². The standard InChI is InChI=1S/C34H40O6/c35-30(28-19-11-4-12-20-28)33-31(36)34(39-23-27-17-9-3-10-18-27)32(38-22-26-15-7-2-8-16-26)29(40-33)24-37-21-25-13-5-1-6-14-25/h1-3,5-10,13-18,28-30,32-35H,4,11-12,19-24H2/t29-,30?,32-,33-,34-/m1/s1. The fourth-order valence-electron chi connectivity index (χ4n) is 5.72. The first-order valence-corrected chi connectivity index (χ1v) is 14.5. The summed E-state index contributed by atoms with van der Waals surface area (Å²) in [5.74, 6) is -0.225. The second kappa shape index (κ2) is 14.7. The first-order valence-electron chi connectivity index (χ1n) is 14.5. The van der Waals surface area contributed by atoms with Gasteiger partial charge in [-0.05, 0) is 35.4 Å². The molecule has 1 aliphatic heterocycles. The maximum atomic E-state index is 14.0. The van der Waals surface area contributed by atoms with Crippen molar-refractivity contribution in [3.63, 3.8) is 0 Å². The van der Waals surface area contributed by atoms with E-state index < -0.39 is 30.5 Å². The van der Waals surface area contributed by atoms with Crippen molar-refractivity contribution in [1.29, 1.82) is 0 Å². The highest BCUT2D eigenvalue weighted by atomic mass is 16.6. The lowest BCUT2D eigenvalue weighted by atomic mass is 9.80. The number of carbonyl (C=O) groups is 1. The minimum Gasteiger partial charge on any atom is -0.390 e. The van der Waals surface area contributed by atoms with Crippen LogP contribution >= 0.6 is 0 Å². The molecule has 212 valence electrons. The lowest BCUT2D eigenvalue weighted by Crippen LogP contribution is -2.61. The number of carbonyl (C=O) groups excluding carboxylic acids is 1. The molecular weight excluding hydrogens is 504 g/mol. The van der Waals surface area contributed by atoms with Gasteiger partial charge in [0.15, 0.2) is 5.78 Å². The molecule has 1 saturated heterocycles. The van der Waals surface area contributed by atoms with Crippen LogP contribution in [0, 0.1) is 5.92 Å². The Labute approximate surface area is 237 Å². The molecule has 40 heavy (non-hydrogen) atoms. The van der Waals surface area contributed by atoms with Gasteiger partial charge in [0.2, 0.25) is 0 Å². The summed E-state index contributed by atoms with van der Waals surface area (Å²) in [6.45, 7) is 1.18. The molecule has 0 amide bonds. The molecule has 1 aliphatic carbocycles. The third-order valence-corrected chi connectivity index (χ3v) is 7.94. The maximum Gasteiger partial charge on any atom is 0.195 e. The van der Waals surface area contributed by atoms with E-state index >= 15 is 0 Å². The summed E-state index contributed by atoms with van der Waals surface area (Å²) in [4.78, 5) is 14.0. The number of benzene rings is 3. The molecule has 0 aromatic heterocycles. The smallest absolute Gasteiger partial charge is 0.195 e. The van der Waals surface area contributed by atoms with E-state index in [0.717, 1.165) is 48.8 Å². The van der Waals surface area contributed by atoms with Gasteiger partial charge in [-0.2, -0.15) is 0 Å². The van der Waals surface area contributed by atoms with Crippen molar-refractivity contribution in [2.45, 2.75) is 82.4 Å². The lowest BCUT2D eigenvalue weighted by Gasteiger charge is -2.43. The lowest BCUT2D eigenvalue weighted by molar-refractivity contribution is -0.228. The second-order valence-corrected chi connectivity index (χ2v) is 10.9. The Morgan fingerprint density at radius 1 is 0.725 bits per heavy atom. The molecule has 2 aliphatic rings. The molecule has 6 heteroatoms. The van der Waals surface area contributed by atoms with Crippen molar-refractivity contribution in [3.05, 3.63) is 108 Å². The molecular formula is C34H40O6. The first kappa shape index (κ1) is 28.7. The Hall–Kier alpha value is -2.87. The van der Waals surface area contributed by atoms with Crippen LogP contribution in [0.2, 0.25) is 0 Å². The van der Waals surface area contributed by atoms with Crippen molar-refractivity contribution >= 4 is 5.78 Å². The van der Waals surface area contributed by atoms with Crippen LogP contribution in [0.15, 0.2) is 91.0 Å². The predicted octanol–water partition coefficient (Wildman–Crippen LogP) is 5.65. The van der Waals surface area contributed by atoms with Crippen LogP contribution in [-0.4, -0.2) is 48.0 Å². The van der Waals surface area contributed by atoms with E-state index in [0.29, 0.717) is 13.2 Å².